The van der Waals surface area contributed by atoms with E-state index in [2.05, 4.69) is 26.4 Å². The summed E-state index contributed by atoms with van der Waals surface area (Å²) in [6.07, 6.45) is 6.32. The fraction of sp³-hybridized carbons (Fsp3) is 0.417. The Morgan fingerprint density at radius 3 is 2.94 bits per heavy atom. The first-order chi connectivity index (χ1) is 15.4. The first kappa shape index (κ1) is 20.5. The molecule has 3 aromatic heterocycles. The predicted octanol–water partition coefficient (Wildman–Crippen LogP) is 3.28. The van der Waals surface area contributed by atoms with E-state index in [9.17, 15) is 10.1 Å². The maximum Gasteiger partial charge on any atom is 0.228 e. The zero-order valence-electron chi connectivity index (χ0n) is 18.3. The number of carbonyl (C=O) groups excluding carboxylic acids is 1. The molecule has 1 aliphatic heterocycles. The van der Waals surface area contributed by atoms with Gasteiger partial charge in [-0.1, -0.05) is 0 Å². The molecule has 0 bridgehead atoms. The highest BCUT2D eigenvalue weighted by Crippen LogP contribution is 2.35. The van der Waals surface area contributed by atoms with Crippen LogP contribution in [0.15, 0.2) is 36.7 Å². The minimum atomic E-state index is -0.499. The SMILES string of the molecule is Cc1cc(-c2ccn3nc(NC(=O)C4CC4)cc3c2)c(OC[C@]2(C#N)CCN(C)C2)cn1. The van der Waals surface area contributed by atoms with Gasteiger partial charge in [-0.05, 0) is 63.5 Å². The number of pyridine rings is 2. The van der Waals surface area contributed by atoms with Crippen molar-refractivity contribution in [3.05, 3.63) is 42.4 Å². The summed E-state index contributed by atoms with van der Waals surface area (Å²) >= 11 is 0. The second-order valence-electron chi connectivity index (χ2n) is 9.07. The molecule has 1 N–H and O–H groups in total. The van der Waals surface area contributed by atoms with E-state index in [1.807, 2.05) is 44.4 Å². The number of likely N-dealkylation sites (tertiary alicyclic amines) is 1. The number of nitrogens with one attached hydrogen (secondary N) is 1. The summed E-state index contributed by atoms with van der Waals surface area (Å²) in [4.78, 5) is 18.6. The number of nitrogens with zero attached hydrogens (tertiary/aromatic N) is 5. The molecule has 1 saturated carbocycles. The van der Waals surface area contributed by atoms with Crippen molar-refractivity contribution in [2.24, 2.45) is 11.3 Å². The number of fused-ring (bicyclic) bond motifs is 1. The minimum absolute atomic E-state index is 0.0399. The summed E-state index contributed by atoms with van der Waals surface area (Å²) in [5.74, 6) is 1.39. The summed E-state index contributed by atoms with van der Waals surface area (Å²) in [5.41, 5.74) is 3.14. The van der Waals surface area contributed by atoms with E-state index in [-0.39, 0.29) is 11.8 Å². The molecular formula is C24H26N6O2. The zero-order chi connectivity index (χ0) is 22.3. The highest BCUT2D eigenvalue weighted by atomic mass is 16.5. The van der Waals surface area contributed by atoms with Crippen LogP contribution >= 0.6 is 0 Å². The number of anilines is 1. The van der Waals surface area contributed by atoms with Crippen LogP contribution in [0.3, 0.4) is 0 Å². The number of ether oxygens (including phenoxy) is 1. The Labute approximate surface area is 186 Å². The fourth-order valence-corrected chi connectivity index (χ4v) is 4.22. The molecule has 8 nitrogen and oxygen atoms in total. The van der Waals surface area contributed by atoms with Crippen molar-refractivity contribution in [1.29, 1.82) is 5.26 Å². The molecule has 1 amide bonds. The number of hydrogen-bond donors (Lipinski definition) is 1. The van der Waals surface area contributed by atoms with Crippen molar-refractivity contribution in [2.75, 3.05) is 32.1 Å². The quantitative estimate of drug-likeness (QED) is 0.645. The molecule has 2 aliphatic rings. The molecule has 0 spiro atoms. The maximum atomic E-state index is 12.1. The predicted molar refractivity (Wildman–Crippen MR) is 120 cm³/mol. The van der Waals surface area contributed by atoms with E-state index < -0.39 is 5.41 Å². The molecule has 4 heterocycles. The summed E-state index contributed by atoms with van der Waals surface area (Å²) in [6, 6.07) is 10.3. The number of aryl methyl sites for hydroxylation is 1. The second kappa shape index (κ2) is 7.92. The van der Waals surface area contributed by atoms with Gasteiger partial charge in [0.05, 0.1) is 17.8 Å². The molecule has 1 saturated heterocycles. The number of rotatable bonds is 6. The first-order valence-corrected chi connectivity index (χ1v) is 10.9. The van der Waals surface area contributed by atoms with Gasteiger partial charge in [0.25, 0.3) is 0 Å². The van der Waals surface area contributed by atoms with E-state index in [4.69, 9.17) is 4.74 Å². The Balaban J connectivity index is 1.41. The summed E-state index contributed by atoms with van der Waals surface area (Å²) in [7, 11) is 2.03. The number of amides is 1. The molecule has 8 heteroatoms. The Kier molecular flexibility index (Phi) is 5.06. The highest BCUT2D eigenvalue weighted by Gasteiger charge is 2.38. The van der Waals surface area contributed by atoms with Gasteiger partial charge in [0.1, 0.15) is 17.8 Å². The molecule has 5 rings (SSSR count). The van der Waals surface area contributed by atoms with E-state index >= 15 is 0 Å². The monoisotopic (exact) mass is 430 g/mol. The first-order valence-electron chi connectivity index (χ1n) is 10.9. The molecule has 164 valence electrons. The normalized spacial score (nSPS) is 20.9. The lowest BCUT2D eigenvalue weighted by atomic mass is 9.90. The summed E-state index contributed by atoms with van der Waals surface area (Å²) < 4.78 is 7.93. The standard InChI is InChI=1S/C24H26N6O2/c1-16-9-20(21(12-26-16)32-15-24(13-25)6-8-29(2)14-24)18-5-7-30-19(10-18)11-22(28-30)27-23(31)17-3-4-17/h5,7,9-12,17H,3-4,6,8,14-15H2,1-2H3,(H,27,28,31)/t24-/m0/s1. The second-order valence-corrected chi connectivity index (χ2v) is 9.07. The van der Waals surface area contributed by atoms with E-state index in [1.54, 1.807) is 10.7 Å². The third kappa shape index (κ3) is 4.04. The Bertz CT molecular complexity index is 1220. The summed E-state index contributed by atoms with van der Waals surface area (Å²) in [5, 5.41) is 17.1. The lowest BCUT2D eigenvalue weighted by molar-refractivity contribution is -0.117. The van der Waals surface area contributed by atoms with Gasteiger partial charge in [-0.15, -0.1) is 0 Å². The molecule has 1 aliphatic carbocycles. The molecule has 32 heavy (non-hydrogen) atoms. The van der Waals surface area contributed by atoms with Crippen LogP contribution < -0.4 is 10.1 Å². The van der Waals surface area contributed by atoms with Gasteiger partial charge in [0, 0.05) is 36.0 Å². The minimum Gasteiger partial charge on any atom is -0.490 e. The van der Waals surface area contributed by atoms with Crippen LogP contribution in [0.25, 0.3) is 16.6 Å². The average Bonchev–Trinajstić information content (AvgIpc) is 3.46. The zero-order valence-corrected chi connectivity index (χ0v) is 18.3. The molecule has 1 atom stereocenters. The smallest absolute Gasteiger partial charge is 0.228 e. The van der Waals surface area contributed by atoms with Gasteiger partial charge in [-0.25, -0.2) is 4.52 Å². The van der Waals surface area contributed by atoms with Crippen molar-refractivity contribution in [2.45, 2.75) is 26.2 Å². The van der Waals surface area contributed by atoms with Crippen LogP contribution in [0, 0.1) is 29.6 Å². The molecule has 0 unspecified atom stereocenters. The van der Waals surface area contributed by atoms with E-state index in [0.717, 1.165) is 48.1 Å². The highest BCUT2D eigenvalue weighted by molar-refractivity contribution is 5.93. The Morgan fingerprint density at radius 2 is 2.22 bits per heavy atom. The molecule has 3 aromatic rings. The van der Waals surface area contributed by atoms with Crippen molar-refractivity contribution >= 4 is 17.2 Å². The largest absolute Gasteiger partial charge is 0.490 e. The third-order valence-electron chi connectivity index (χ3n) is 6.26. The molecular weight excluding hydrogens is 404 g/mol. The van der Waals surface area contributed by atoms with Gasteiger partial charge < -0.3 is 15.0 Å². The van der Waals surface area contributed by atoms with Crippen LogP contribution in [-0.4, -0.2) is 52.1 Å². The van der Waals surface area contributed by atoms with Gasteiger partial charge in [0.15, 0.2) is 5.82 Å². The topological polar surface area (TPSA) is 95.5 Å². The van der Waals surface area contributed by atoms with Gasteiger partial charge in [-0.3, -0.25) is 9.78 Å². The number of carbonyl (C=O) groups is 1. The Morgan fingerprint density at radius 1 is 1.38 bits per heavy atom. The molecule has 2 fully saturated rings. The molecule has 0 aromatic carbocycles. The van der Waals surface area contributed by atoms with Gasteiger partial charge >= 0.3 is 0 Å². The Hall–Kier alpha value is -3.44. The van der Waals surface area contributed by atoms with Crippen LogP contribution in [0.2, 0.25) is 0 Å². The van der Waals surface area contributed by atoms with E-state index in [0.29, 0.717) is 24.7 Å². The van der Waals surface area contributed by atoms with Crippen molar-refractivity contribution in [3.63, 3.8) is 0 Å². The van der Waals surface area contributed by atoms with Crippen molar-refractivity contribution < 1.29 is 9.53 Å². The van der Waals surface area contributed by atoms with Crippen LogP contribution in [0.1, 0.15) is 25.0 Å². The van der Waals surface area contributed by atoms with Gasteiger partial charge in [0.2, 0.25) is 5.91 Å². The number of nitriles is 1. The lowest BCUT2D eigenvalue weighted by Gasteiger charge is -2.22. The van der Waals surface area contributed by atoms with Crippen LogP contribution in [-0.2, 0) is 4.79 Å². The summed E-state index contributed by atoms with van der Waals surface area (Å²) in [6.45, 7) is 3.87. The third-order valence-corrected chi connectivity index (χ3v) is 6.26. The van der Waals surface area contributed by atoms with Gasteiger partial charge in [-0.2, -0.15) is 10.4 Å². The van der Waals surface area contributed by atoms with E-state index in [1.165, 1.54) is 0 Å². The average molecular weight is 431 g/mol. The number of aromatic nitrogens is 3. The van der Waals surface area contributed by atoms with Crippen LogP contribution in [0.4, 0.5) is 5.82 Å². The van der Waals surface area contributed by atoms with Crippen molar-refractivity contribution in [3.8, 4) is 22.9 Å². The lowest BCUT2D eigenvalue weighted by Crippen LogP contribution is -2.30. The fourth-order valence-electron chi connectivity index (χ4n) is 4.22. The molecule has 0 radical (unpaired) electrons. The maximum absolute atomic E-state index is 12.1. The number of hydrogen-bond acceptors (Lipinski definition) is 6. The van der Waals surface area contributed by atoms with Crippen molar-refractivity contribution in [1.82, 2.24) is 19.5 Å². The van der Waals surface area contributed by atoms with Crippen LogP contribution in [0.5, 0.6) is 5.75 Å².